The first-order valence-electron chi connectivity index (χ1n) is 6.75. The number of para-hydroxylation sites is 1. The summed E-state index contributed by atoms with van der Waals surface area (Å²) in [6.45, 7) is 6.07. The highest BCUT2D eigenvalue weighted by molar-refractivity contribution is 5.43. The van der Waals surface area contributed by atoms with Crippen molar-refractivity contribution >= 4 is 0 Å². The molecule has 0 aliphatic carbocycles. The van der Waals surface area contributed by atoms with Crippen LogP contribution in [0.1, 0.15) is 36.6 Å². The number of pyridine rings is 1. The molecule has 2 rings (SSSR count). The molecule has 0 aliphatic heterocycles. The van der Waals surface area contributed by atoms with Crippen LogP contribution in [-0.2, 0) is 0 Å². The Kier molecular flexibility index (Phi) is 4.71. The van der Waals surface area contributed by atoms with Gasteiger partial charge in [-0.05, 0) is 44.0 Å². The number of nitrogens with zero attached hydrogens (tertiary/aromatic N) is 1. The Morgan fingerprint density at radius 3 is 2.55 bits per heavy atom. The lowest BCUT2D eigenvalue weighted by Crippen LogP contribution is -2.30. The zero-order valence-corrected chi connectivity index (χ0v) is 12.1. The zero-order chi connectivity index (χ0) is 14.5. The van der Waals surface area contributed by atoms with Gasteiger partial charge in [0.1, 0.15) is 5.75 Å². The van der Waals surface area contributed by atoms with E-state index in [0.29, 0.717) is 0 Å². The summed E-state index contributed by atoms with van der Waals surface area (Å²) in [5.74, 6) is 6.61. The summed E-state index contributed by atoms with van der Waals surface area (Å²) in [6, 6.07) is 9.77. The molecule has 1 aromatic heterocycles. The maximum Gasteiger partial charge on any atom is 0.124 e. The Morgan fingerprint density at radius 1 is 1.15 bits per heavy atom. The number of aromatic nitrogens is 1. The van der Waals surface area contributed by atoms with Gasteiger partial charge in [0.2, 0.25) is 0 Å². The van der Waals surface area contributed by atoms with Crippen LogP contribution in [0.3, 0.4) is 0 Å². The van der Waals surface area contributed by atoms with Crippen molar-refractivity contribution in [2.45, 2.75) is 32.9 Å². The molecule has 0 fully saturated rings. The number of nitrogens with two attached hydrogens (primary N) is 1. The first-order chi connectivity index (χ1) is 9.63. The Balaban J connectivity index is 2.45. The second-order valence-corrected chi connectivity index (χ2v) is 5.04. The van der Waals surface area contributed by atoms with Crippen LogP contribution in [-0.4, -0.2) is 11.1 Å². The highest BCUT2D eigenvalue weighted by atomic mass is 16.5. The van der Waals surface area contributed by atoms with E-state index >= 15 is 0 Å². The van der Waals surface area contributed by atoms with Gasteiger partial charge in [-0.3, -0.25) is 10.8 Å². The maximum absolute atomic E-state index is 5.87. The molecule has 4 heteroatoms. The van der Waals surface area contributed by atoms with E-state index in [-0.39, 0.29) is 12.1 Å². The SMILES string of the molecule is Cc1ccncc1C(NN)c1ccccc1OC(C)C. The van der Waals surface area contributed by atoms with Gasteiger partial charge in [0.15, 0.2) is 0 Å². The Morgan fingerprint density at radius 2 is 1.90 bits per heavy atom. The highest BCUT2D eigenvalue weighted by Gasteiger charge is 2.19. The van der Waals surface area contributed by atoms with Gasteiger partial charge >= 0.3 is 0 Å². The fourth-order valence-corrected chi connectivity index (χ4v) is 2.21. The normalized spacial score (nSPS) is 12.4. The molecular formula is C16H21N3O. The minimum absolute atomic E-state index is 0.115. The summed E-state index contributed by atoms with van der Waals surface area (Å²) in [7, 11) is 0. The second kappa shape index (κ2) is 6.50. The van der Waals surface area contributed by atoms with Crippen LogP contribution in [0, 0.1) is 6.92 Å². The van der Waals surface area contributed by atoms with Crippen LogP contribution in [0.5, 0.6) is 5.75 Å². The van der Waals surface area contributed by atoms with Crippen molar-refractivity contribution in [3.63, 3.8) is 0 Å². The molecule has 0 saturated heterocycles. The van der Waals surface area contributed by atoms with Gasteiger partial charge in [-0.15, -0.1) is 0 Å². The topological polar surface area (TPSA) is 60.2 Å². The second-order valence-electron chi connectivity index (χ2n) is 5.04. The lowest BCUT2D eigenvalue weighted by atomic mass is 9.96. The molecule has 1 aromatic carbocycles. The van der Waals surface area contributed by atoms with Crippen molar-refractivity contribution in [1.82, 2.24) is 10.4 Å². The molecule has 0 aliphatic rings. The molecule has 0 saturated carbocycles. The molecule has 0 amide bonds. The third-order valence-corrected chi connectivity index (χ3v) is 3.15. The Hall–Kier alpha value is -1.91. The van der Waals surface area contributed by atoms with Crippen molar-refractivity contribution in [2.75, 3.05) is 0 Å². The molecule has 20 heavy (non-hydrogen) atoms. The molecular weight excluding hydrogens is 250 g/mol. The molecule has 0 bridgehead atoms. The summed E-state index contributed by atoms with van der Waals surface area (Å²) >= 11 is 0. The van der Waals surface area contributed by atoms with Crippen molar-refractivity contribution < 1.29 is 4.74 Å². The minimum atomic E-state index is -0.140. The van der Waals surface area contributed by atoms with Crippen molar-refractivity contribution in [1.29, 1.82) is 0 Å². The van der Waals surface area contributed by atoms with Crippen LogP contribution < -0.4 is 16.0 Å². The fraction of sp³-hybridized carbons (Fsp3) is 0.312. The average molecular weight is 271 g/mol. The highest BCUT2D eigenvalue weighted by Crippen LogP contribution is 2.31. The number of hydrogen-bond donors (Lipinski definition) is 2. The molecule has 3 N–H and O–H groups in total. The van der Waals surface area contributed by atoms with Gasteiger partial charge in [-0.2, -0.15) is 0 Å². The summed E-state index contributed by atoms with van der Waals surface area (Å²) in [6.07, 6.45) is 3.74. The summed E-state index contributed by atoms with van der Waals surface area (Å²) < 4.78 is 5.87. The molecule has 4 nitrogen and oxygen atoms in total. The van der Waals surface area contributed by atoms with E-state index in [1.54, 1.807) is 6.20 Å². The van der Waals surface area contributed by atoms with Crippen molar-refractivity contribution in [2.24, 2.45) is 5.84 Å². The van der Waals surface area contributed by atoms with Gasteiger partial charge in [-0.25, -0.2) is 5.43 Å². The molecule has 2 aromatic rings. The number of benzene rings is 1. The summed E-state index contributed by atoms with van der Waals surface area (Å²) in [5, 5.41) is 0. The summed E-state index contributed by atoms with van der Waals surface area (Å²) in [4.78, 5) is 4.19. The van der Waals surface area contributed by atoms with E-state index in [0.717, 1.165) is 22.4 Å². The number of nitrogens with one attached hydrogen (secondary N) is 1. The quantitative estimate of drug-likeness (QED) is 0.648. The van der Waals surface area contributed by atoms with Gasteiger partial charge in [-0.1, -0.05) is 18.2 Å². The van der Waals surface area contributed by atoms with E-state index in [1.165, 1.54) is 0 Å². The fourth-order valence-electron chi connectivity index (χ4n) is 2.21. The van der Waals surface area contributed by atoms with E-state index in [1.807, 2.05) is 57.3 Å². The predicted molar refractivity (Wildman–Crippen MR) is 80.3 cm³/mol. The Bertz CT molecular complexity index is 569. The van der Waals surface area contributed by atoms with Crippen LogP contribution in [0.25, 0.3) is 0 Å². The molecule has 106 valence electrons. The van der Waals surface area contributed by atoms with Crippen molar-refractivity contribution in [3.05, 3.63) is 59.4 Å². The van der Waals surface area contributed by atoms with Crippen LogP contribution in [0.15, 0.2) is 42.7 Å². The lowest BCUT2D eigenvalue weighted by molar-refractivity contribution is 0.238. The largest absolute Gasteiger partial charge is 0.491 e. The van der Waals surface area contributed by atoms with Gasteiger partial charge in [0.05, 0.1) is 12.1 Å². The zero-order valence-electron chi connectivity index (χ0n) is 12.1. The third-order valence-electron chi connectivity index (χ3n) is 3.15. The molecule has 1 unspecified atom stereocenters. The van der Waals surface area contributed by atoms with E-state index in [2.05, 4.69) is 10.4 Å². The maximum atomic E-state index is 5.87. The van der Waals surface area contributed by atoms with Gasteiger partial charge in [0, 0.05) is 18.0 Å². The smallest absolute Gasteiger partial charge is 0.124 e. The minimum Gasteiger partial charge on any atom is -0.491 e. The van der Waals surface area contributed by atoms with E-state index in [4.69, 9.17) is 10.6 Å². The molecule has 1 atom stereocenters. The number of rotatable bonds is 5. The molecule has 0 radical (unpaired) electrons. The van der Waals surface area contributed by atoms with Crippen LogP contribution in [0.4, 0.5) is 0 Å². The average Bonchev–Trinajstić information content (AvgIpc) is 2.43. The lowest BCUT2D eigenvalue weighted by Gasteiger charge is -2.22. The number of ether oxygens (including phenoxy) is 1. The number of hydrogen-bond acceptors (Lipinski definition) is 4. The van der Waals surface area contributed by atoms with Crippen LogP contribution in [0.2, 0.25) is 0 Å². The molecule has 1 heterocycles. The number of hydrazine groups is 1. The monoisotopic (exact) mass is 271 g/mol. The third kappa shape index (κ3) is 3.15. The first kappa shape index (κ1) is 14.5. The first-order valence-corrected chi connectivity index (χ1v) is 6.75. The van der Waals surface area contributed by atoms with Crippen molar-refractivity contribution in [3.8, 4) is 5.75 Å². The Labute approximate surface area is 120 Å². The van der Waals surface area contributed by atoms with E-state index < -0.39 is 0 Å². The van der Waals surface area contributed by atoms with E-state index in [9.17, 15) is 0 Å². The van der Waals surface area contributed by atoms with Gasteiger partial charge < -0.3 is 4.74 Å². The molecule has 0 spiro atoms. The standard InChI is InChI=1S/C16H21N3O/c1-11(2)20-15-7-5-4-6-13(15)16(19-17)14-10-18-9-8-12(14)3/h4-11,16,19H,17H2,1-3H3. The van der Waals surface area contributed by atoms with Gasteiger partial charge in [0.25, 0.3) is 0 Å². The summed E-state index contributed by atoms with van der Waals surface area (Å²) in [5.41, 5.74) is 6.07. The van der Waals surface area contributed by atoms with Crippen LogP contribution >= 0.6 is 0 Å². The number of aryl methyl sites for hydroxylation is 1. The predicted octanol–water partition coefficient (Wildman–Crippen LogP) is 2.73.